The summed E-state index contributed by atoms with van der Waals surface area (Å²) in [6, 6.07) is 7.37. The Bertz CT molecular complexity index is 688. The van der Waals surface area contributed by atoms with Gasteiger partial charge in [-0.1, -0.05) is 32.9 Å². The first-order valence-corrected chi connectivity index (χ1v) is 8.60. The fraction of sp³-hybridized carbons (Fsp3) is 0.550. The zero-order chi connectivity index (χ0) is 18.5. The van der Waals surface area contributed by atoms with Crippen LogP contribution < -0.4 is 4.74 Å². The highest BCUT2D eigenvalue weighted by Crippen LogP contribution is 2.57. The molecule has 3 rings (SSSR count). The van der Waals surface area contributed by atoms with Gasteiger partial charge in [-0.05, 0) is 37.0 Å². The summed E-state index contributed by atoms with van der Waals surface area (Å²) in [6.45, 7) is 5.89. The predicted molar refractivity (Wildman–Crippen MR) is 92.8 cm³/mol. The molecule has 1 heterocycles. The molecule has 0 aromatic heterocycles. The number of piperidine rings is 1. The third kappa shape index (κ3) is 2.86. The van der Waals surface area contributed by atoms with E-state index in [4.69, 9.17) is 4.74 Å². The van der Waals surface area contributed by atoms with E-state index in [0.29, 0.717) is 19.3 Å². The molecule has 1 aromatic carbocycles. The number of nitrogens with zero attached hydrogens (tertiary/aromatic N) is 1. The summed E-state index contributed by atoms with van der Waals surface area (Å²) in [7, 11) is 1.60. The van der Waals surface area contributed by atoms with Gasteiger partial charge in [-0.25, -0.2) is 0 Å². The molecule has 1 unspecified atom stereocenters. The minimum atomic E-state index is -0.678. The molecule has 1 aromatic rings. The van der Waals surface area contributed by atoms with Crippen LogP contribution in [-0.4, -0.2) is 30.1 Å². The number of likely N-dealkylation sites (tertiary alicyclic amines) is 1. The van der Waals surface area contributed by atoms with Crippen LogP contribution in [0.2, 0.25) is 0 Å². The van der Waals surface area contributed by atoms with E-state index in [1.54, 1.807) is 7.11 Å². The summed E-state index contributed by atoms with van der Waals surface area (Å²) in [6.07, 6.45) is 2.41. The molecular formula is C20H25NO4. The SMILES string of the molecule is COc1ccc(CN2C(=O)[C@@]3(C)CC(C)(C=O)C[C@](C)(C3)C2=O)cc1. The predicted octanol–water partition coefficient (Wildman–Crippen LogP) is 2.97. The largest absolute Gasteiger partial charge is 0.497 e. The van der Waals surface area contributed by atoms with Crippen LogP contribution in [0.15, 0.2) is 24.3 Å². The van der Waals surface area contributed by atoms with Crippen LogP contribution in [-0.2, 0) is 20.9 Å². The van der Waals surface area contributed by atoms with Gasteiger partial charge in [0.05, 0.1) is 13.7 Å². The number of carbonyl (C=O) groups is 3. The van der Waals surface area contributed by atoms with E-state index in [0.717, 1.165) is 17.6 Å². The molecule has 25 heavy (non-hydrogen) atoms. The van der Waals surface area contributed by atoms with Crippen molar-refractivity contribution in [2.24, 2.45) is 16.2 Å². The number of aldehydes is 1. The third-order valence-corrected chi connectivity index (χ3v) is 5.68. The molecule has 5 heteroatoms. The first-order valence-electron chi connectivity index (χ1n) is 8.60. The average molecular weight is 343 g/mol. The van der Waals surface area contributed by atoms with E-state index in [9.17, 15) is 14.4 Å². The second kappa shape index (κ2) is 5.68. The molecule has 2 aliphatic rings. The molecule has 1 aliphatic carbocycles. The zero-order valence-corrected chi connectivity index (χ0v) is 15.3. The lowest BCUT2D eigenvalue weighted by atomic mass is 9.52. The standard InChI is InChI=1S/C20H25NO4/c1-18(13-22)10-19(2)12-20(3,11-18)17(24)21(16(19)23)9-14-5-7-15(25-4)8-6-14/h5-8,13H,9-12H2,1-4H3/t18?,19-,20+. The van der Waals surface area contributed by atoms with Crippen LogP contribution in [0.4, 0.5) is 0 Å². The lowest BCUT2D eigenvalue weighted by Crippen LogP contribution is -2.63. The van der Waals surface area contributed by atoms with Crippen LogP contribution in [0.1, 0.15) is 45.6 Å². The number of rotatable bonds is 4. The zero-order valence-electron chi connectivity index (χ0n) is 15.3. The van der Waals surface area contributed by atoms with E-state index < -0.39 is 16.2 Å². The van der Waals surface area contributed by atoms with Crippen molar-refractivity contribution >= 4 is 18.1 Å². The van der Waals surface area contributed by atoms with Gasteiger partial charge in [0.15, 0.2) is 0 Å². The van der Waals surface area contributed by atoms with E-state index >= 15 is 0 Å². The average Bonchev–Trinajstić information content (AvgIpc) is 2.57. The number of benzene rings is 1. The van der Waals surface area contributed by atoms with Gasteiger partial charge in [0, 0.05) is 16.2 Å². The summed E-state index contributed by atoms with van der Waals surface area (Å²) in [5, 5.41) is 0. The van der Waals surface area contributed by atoms with Crippen LogP contribution in [0.3, 0.4) is 0 Å². The molecule has 0 N–H and O–H groups in total. The van der Waals surface area contributed by atoms with Gasteiger partial charge in [0.1, 0.15) is 12.0 Å². The molecule has 1 saturated carbocycles. The summed E-state index contributed by atoms with van der Waals surface area (Å²) < 4.78 is 5.15. The van der Waals surface area contributed by atoms with Gasteiger partial charge in [0.2, 0.25) is 11.8 Å². The van der Waals surface area contributed by atoms with Gasteiger partial charge >= 0.3 is 0 Å². The summed E-state index contributed by atoms with van der Waals surface area (Å²) in [5.41, 5.74) is -1.10. The first kappa shape index (κ1) is 17.6. The fourth-order valence-corrected chi connectivity index (χ4v) is 5.02. The smallest absolute Gasteiger partial charge is 0.235 e. The highest BCUT2D eigenvalue weighted by molar-refractivity contribution is 6.04. The van der Waals surface area contributed by atoms with Crippen molar-refractivity contribution in [3.63, 3.8) is 0 Å². The van der Waals surface area contributed by atoms with E-state index in [2.05, 4.69) is 0 Å². The second-order valence-electron chi connectivity index (χ2n) is 8.47. The van der Waals surface area contributed by atoms with Crippen LogP contribution in [0.5, 0.6) is 5.75 Å². The van der Waals surface area contributed by atoms with E-state index in [-0.39, 0.29) is 18.4 Å². The molecule has 0 radical (unpaired) electrons. The van der Waals surface area contributed by atoms with Crippen LogP contribution in [0.25, 0.3) is 0 Å². The van der Waals surface area contributed by atoms with Gasteiger partial charge in [-0.2, -0.15) is 0 Å². The normalized spacial score (nSPS) is 34.8. The number of amides is 2. The molecule has 0 spiro atoms. The lowest BCUT2D eigenvalue weighted by molar-refractivity contribution is -0.179. The Morgan fingerprint density at radius 1 is 1.00 bits per heavy atom. The minimum Gasteiger partial charge on any atom is -0.497 e. The van der Waals surface area contributed by atoms with Crippen molar-refractivity contribution < 1.29 is 19.1 Å². The van der Waals surface area contributed by atoms with Crippen molar-refractivity contribution in [1.29, 1.82) is 0 Å². The van der Waals surface area contributed by atoms with Crippen molar-refractivity contribution in [3.8, 4) is 5.75 Å². The minimum absolute atomic E-state index is 0.168. The molecule has 1 aliphatic heterocycles. The van der Waals surface area contributed by atoms with Crippen molar-refractivity contribution in [3.05, 3.63) is 29.8 Å². The Balaban J connectivity index is 1.93. The number of fused-ring (bicyclic) bond motifs is 2. The Morgan fingerprint density at radius 2 is 1.52 bits per heavy atom. The van der Waals surface area contributed by atoms with Crippen molar-refractivity contribution in [1.82, 2.24) is 4.90 Å². The number of methoxy groups -OCH3 is 1. The van der Waals surface area contributed by atoms with Crippen molar-refractivity contribution in [2.45, 2.75) is 46.6 Å². The molecule has 2 fully saturated rings. The molecular weight excluding hydrogens is 318 g/mol. The lowest BCUT2D eigenvalue weighted by Gasteiger charge is -2.55. The van der Waals surface area contributed by atoms with E-state index in [1.165, 1.54) is 4.90 Å². The Hall–Kier alpha value is -2.17. The maximum absolute atomic E-state index is 13.1. The second-order valence-corrected chi connectivity index (χ2v) is 8.47. The number of imide groups is 1. The maximum Gasteiger partial charge on any atom is 0.235 e. The maximum atomic E-state index is 13.1. The number of ether oxygens (including phenoxy) is 1. The number of hydrogen-bond acceptors (Lipinski definition) is 4. The van der Waals surface area contributed by atoms with Crippen LogP contribution >= 0.6 is 0 Å². The molecule has 134 valence electrons. The number of hydrogen-bond donors (Lipinski definition) is 0. The van der Waals surface area contributed by atoms with E-state index in [1.807, 2.05) is 45.0 Å². The first-order chi connectivity index (χ1) is 11.6. The van der Waals surface area contributed by atoms with Gasteiger partial charge < -0.3 is 9.53 Å². The monoisotopic (exact) mass is 343 g/mol. The molecule has 2 amide bonds. The van der Waals surface area contributed by atoms with Crippen LogP contribution in [0, 0.1) is 16.2 Å². The molecule has 1 saturated heterocycles. The fourth-order valence-electron chi connectivity index (χ4n) is 5.02. The molecule has 2 bridgehead atoms. The topological polar surface area (TPSA) is 63.7 Å². The Labute approximate surface area is 148 Å². The third-order valence-electron chi connectivity index (χ3n) is 5.68. The highest BCUT2D eigenvalue weighted by Gasteiger charge is 2.61. The Morgan fingerprint density at radius 3 is 1.96 bits per heavy atom. The van der Waals surface area contributed by atoms with Gasteiger partial charge in [-0.3, -0.25) is 14.5 Å². The summed E-state index contributed by atoms with van der Waals surface area (Å²) >= 11 is 0. The molecule has 5 nitrogen and oxygen atoms in total. The number of carbonyl (C=O) groups excluding carboxylic acids is 3. The van der Waals surface area contributed by atoms with Crippen molar-refractivity contribution in [2.75, 3.05) is 7.11 Å². The molecule has 3 atom stereocenters. The quantitative estimate of drug-likeness (QED) is 0.623. The van der Waals surface area contributed by atoms with Gasteiger partial charge in [-0.15, -0.1) is 0 Å². The van der Waals surface area contributed by atoms with Gasteiger partial charge in [0.25, 0.3) is 0 Å². The highest BCUT2D eigenvalue weighted by atomic mass is 16.5. The summed E-state index contributed by atoms with van der Waals surface area (Å²) in [4.78, 5) is 39.2. The summed E-state index contributed by atoms with van der Waals surface area (Å²) in [5.74, 6) is 0.398. The Kier molecular flexibility index (Phi) is 4.01.